The summed E-state index contributed by atoms with van der Waals surface area (Å²) in [6.45, 7) is 0.780. The lowest BCUT2D eigenvalue weighted by Gasteiger charge is -2.14. The van der Waals surface area contributed by atoms with Crippen LogP contribution in [-0.4, -0.2) is 23.0 Å². The summed E-state index contributed by atoms with van der Waals surface area (Å²) in [4.78, 5) is 17.3. The maximum absolute atomic E-state index is 10.3. The van der Waals surface area contributed by atoms with Gasteiger partial charge < -0.3 is 9.72 Å². The second kappa shape index (κ2) is 5.11. The van der Waals surface area contributed by atoms with Crippen LogP contribution in [0.5, 0.6) is 0 Å². The van der Waals surface area contributed by atoms with Crippen LogP contribution >= 0.6 is 0 Å². The van der Waals surface area contributed by atoms with Crippen molar-refractivity contribution in [2.45, 2.75) is 5.92 Å². The molecule has 0 aliphatic rings. The number of nitrogens with one attached hydrogen (secondary N) is 1. The van der Waals surface area contributed by atoms with E-state index < -0.39 is 0 Å². The normalized spacial score (nSPS) is 12.0. The van der Waals surface area contributed by atoms with Gasteiger partial charge in [-0.25, -0.2) is 4.98 Å². The second-order valence-electron chi connectivity index (χ2n) is 3.40. The highest BCUT2D eigenvalue weighted by Crippen LogP contribution is 2.22. The Kier molecular flexibility index (Phi) is 3.33. The topological polar surface area (TPSA) is 55.0 Å². The van der Waals surface area contributed by atoms with E-state index >= 15 is 0 Å². The molecular formula is C12H12N2O2. The van der Waals surface area contributed by atoms with Gasteiger partial charge in [0.25, 0.3) is 6.47 Å². The highest BCUT2D eigenvalue weighted by molar-refractivity contribution is 5.38. The van der Waals surface area contributed by atoms with Gasteiger partial charge in [-0.1, -0.05) is 30.3 Å². The number of carbonyl (C=O) groups excluding carboxylic acids is 1. The van der Waals surface area contributed by atoms with E-state index in [0.29, 0.717) is 13.1 Å². The van der Waals surface area contributed by atoms with Crippen molar-refractivity contribution in [2.24, 2.45) is 0 Å². The standard InChI is InChI=1S/C12H12N2O2/c15-9-16-7-11(12-6-13-8-14-12)10-4-2-1-3-5-10/h1-6,8-9,11H,7H2,(H,13,14). The smallest absolute Gasteiger partial charge is 0.293 e. The lowest BCUT2D eigenvalue weighted by Crippen LogP contribution is -2.09. The molecule has 1 unspecified atom stereocenters. The SMILES string of the molecule is O=COCC(c1ccccc1)c1cnc[nH]1. The third-order valence-corrected chi connectivity index (χ3v) is 2.43. The van der Waals surface area contributed by atoms with Crippen molar-refractivity contribution in [3.05, 3.63) is 54.1 Å². The first-order valence-electron chi connectivity index (χ1n) is 5.00. The molecule has 1 N–H and O–H groups in total. The van der Waals surface area contributed by atoms with Crippen molar-refractivity contribution >= 4 is 6.47 Å². The zero-order chi connectivity index (χ0) is 11.2. The Morgan fingerprint density at radius 2 is 2.19 bits per heavy atom. The lowest BCUT2D eigenvalue weighted by atomic mass is 9.97. The quantitative estimate of drug-likeness (QED) is 0.774. The van der Waals surface area contributed by atoms with Crippen LogP contribution in [-0.2, 0) is 9.53 Å². The molecule has 0 spiro atoms. The van der Waals surface area contributed by atoms with Crippen molar-refractivity contribution in [3.63, 3.8) is 0 Å². The molecule has 0 saturated carbocycles. The van der Waals surface area contributed by atoms with Gasteiger partial charge in [0.2, 0.25) is 0 Å². The van der Waals surface area contributed by atoms with Gasteiger partial charge >= 0.3 is 0 Å². The van der Waals surface area contributed by atoms with Crippen LogP contribution in [0, 0.1) is 0 Å². The Labute approximate surface area is 93.3 Å². The summed E-state index contributed by atoms with van der Waals surface area (Å²) < 4.78 is 4.85. The predicted molar refractivity (Wildman–Crippen MR) is 58.9 cm³/mol. The fraction of sp³-hybridized carbons (Fsp3) is 0.167. The van der Waals surface area contributed by atoms with E-state index in [4.69, 9.17) is 4.74 Å². The first-order chi connectivity index (χ1) is 7.92. The summed E-state index contributed by atoms with van der Waals surface area (Å²) in [7, 11) is 0. The minimum atomic E-state index is 0.00824. The van der Waals surface area contributed by atoms with Gasteiger partial charge in [-0.05, 0) is 5.56 Å². The van der Waals surface area contributed by atoms with Crippen molar-refractivity contribution < 1.29 is 9.53 Å². The minimum absolute atomic E-state index is 0.00824. The Balaban J connectivity index is 2.25. The molecule has 2 aromatic rings. The summed E-state index contributed by atoms with van der Waals surface area (Å²) in [6, 6.07) is 9.87. The summed E-state index contributed by atoms with van der Waals surface area (Å²) in [5, 5.41) is 0. The van der Waals surface area contributed by atoms with E-state index in [1.165, 1.54) is 0 Å². The molecule has 4 nitrogen and oxygen atoms in total. The number of aromatic amines is 1. The molecule has 0 aliphatic carbocycles. The van der Waals surface area contributed by atoms with Gasteiger partial charge in [0.05, 0.1) is 12.2 Å². The molecular weight excluding hydrogens is 204 g/mol. The van der Waals surface area contributed by atoms with E-state index in [2.05, 4.69) is 9.97 Å². The molecule has 0 aliphatic heterocycles. The number of benzene rings is 1. The van der Waals surface area contributed by atoms with Gasteiger partial charge in [-0.15, -0.1) is 0 Å². The molecule has 0 saturated heterocycles. The second-order valence-corrected chi connectivity index (χ2v) is 3.40. The molecule has 16 heavy (non-hydrogen) atoms. The molecule has 1 heterocycles. The molecule has 1 atom stereocenters. The number of H-pyrrole nitrogens is 1. The Morgan fingerprint density at radius 3 is 2.81 bits per heavy atom. The van der Waals surface area contributed by atoms with Crippen molar-refractivity contribution in [1.82, 2.24) is 9.97 Å². The average Bonchev–Trinajstić information content (AvgIpc) is 2.85. The third-order valence-electron chi connectivity index (χ3n) is 2.43. The molecule has 1 aromatic heterocycles. The molecule has 82 valence electrons. The van der Waals surface area contributed by atoms with Crippen LogP contribution in [0.4, 0.5) is 0 Å². The average molecular weight is 216 g/mol. The maximum Gasteiger partial charge on any atom is 0.293 e. The van der Waals surface area contributed by atoms with Crippen LogP contribution in [0.3, 0.4) is 0 Å². The molecule has 0 fully saturated rings. The van der Waals surface area contributed by atoms with E-state index in [9.17, 15) is 4.79 Å². The van der Waals surface area contributed by atoms with Crippen LogP contribution in [0.25, 0.3) is 0 Å². The zero-order valence-corrected chi connectivity index (χ0v) is 8.67. The number of rotatable bonds is 5. The summed E-state index contributed by atoms with van der Waals surface area (Å²) in [5.41, 5.74) is 2.03. The largest absolute Gasteiger partial charge is 0.467 e. The first kappa shape index (κ1) is 10.4. The number of ether oxygens (including phenoxy) is 1. The van der Waals surface area contributed by atoms with E-state index in [1.54, 1.807) is 12.5 Å². The highest BCUT2D eigenvalue weighted by Gasteiger charge is 2.15. The number of carbonyl (C=O) groups is 1. The van der Waals surface area contributed by atoms with Crippen molar-refractivity contribution in [3.8, 4) is 0 Å². The van der Waals surface area contributed by atoms with Crippen molar-refractivity contribution in [1.29, 1.82) is 0 Å². The van der Waals surface area contributed by atoms with Gasteiger partial charge in [-0.3, -0.25) is 4.79 Å². The maximum atomic E-state index is 10.3. The van der Waals surface area contributed by atoms with Crippen molar-refractivity contribution in [2.75, 3.05) is 6.61 Å². The van der Waals surface area contributed by atoms with Gasteiger partial charge in [-0.2, -0.15) is 0 Å². The molecule has 0 radical (unpaired) electrons. The first-order valence-corrected chi connectivity index (χ1v) is 5.00. The number of nitrogens with zero attached hydrogens (tertiary/aromatic N) is 1. The fourth-order valence-electron chi connectivity index (χ4n) is 1.64. The van der Waals surface area contributed by atoms with Gasteiger partial charge in [0, 0.05) is 11.9 Å². The minimum Gasteiger partial charge on any atom is -0.467 e. The fourth-order valence-corrected chi connectivity index (χ4v) is 1.64. The zero-order valence-electron chi connectivity index (χ0n) is 8.67. The lowest BCUT2D eigenvalue weighted by molar-refractivity contribution is -0.128. The molecule has 1 aromatic carbocycles. The molecule has 4 heteroatoms. The van der Waals surface area contributed by atoms with Gasteiger partial charge in [0.15, 0.2) is 0 Å². The molecule has 2 rings (SSSR count). The Bertz CT molecular complexity index is 426. The number of imidazole rings is 1. The van der Waals surface area contributed by atoms with Crippen LogP contribution < -0.4 is 0 Å². The van der Waals surface area contributed by atoms with E-state index in [0.717, 1.165) is 11.3 Å². The Morgan fingerprint density at radius 1 is 1.38 bits per heavy atom. The predicted octanol–water partition coefficient (Wildman–Crippen LogP) is 1.71. The summed E-state index contributed by atoms with van der Waals surface area (Å²) in [6.07, 6.45) is 3.36. The van der Waals surface area contributed by atoms with Crippen LogP contribution in [0.1, 0.15) is 17.2 Å². The Hall–Kier alpha value is -2.10. The van der Waals surface area contributed by atoms with Crippen LogP contribution in [0.15, 0.2) is 42.9 Å². The summed E-state index contributed by atoms with van der Waals surface area (Å²) >= 11 is 0. The number of hydrogen-bond acceptors (Lipinski definition) is 3. The molecule has 0 bridgehead atoms. The third kappa shape index (κ3) is 2.28. The highest BCUT2D eigenvalue weighted by atomic mass is 16.5. The van der Waals surface area contributed by atoms with Crippen LogP contribution in [0.2, 0.25) is 0 Å². The van der Waals surface area contributed by atoms with E-state index in [-0.39, 0.29) is 5.92 Å². The van der Waals surface area contributed by atoms with E-state index in [1.807, 2.05) is 30.3 Å². The monoisotopic (exact) mass is 216 g/mol. The summed E-state index contributed by atoms with van der Waals surface area (Å²) in [5.74, 6) is 0.00824. The number of hydrogen-bond donors (Lipinski definition) is 1. The number of aromatic nitrogens is 2. The molecule has 0 amide bonds. The van der Waals surface area contributed by atoms with Gasteiger partial charge in [0.1, 0.15) is 6.61 Å².